The average molecular weight is 316 g/mol. The summed E-state index contributed by atoms with van der Waals surface area (Å²) in [6.45, 7) is 8.21. The Kier molecular flexibility index (Phi) is 6.68. The van der Waals surface area contributed by atoms with Crippen LogP contribution in [0.15, 0.2) is 0 Å². The quantitative estimate of drug-likeness (QED) is 0.784. The number of carbonyl (C=O) groups excluding carboxylic acids is 2. The highest BCUT2D eigenvalue weighted by atomic mass is 35.5. The van der Waals surface area contributed by atoms with Crippen molar-refractivity contribution in [2.45, 2.75) is 53.2 Å². The van der Waals surface area contributed by atoms with Crippen molar-refractivity contribution in [1.29, 1.82) is 0 Å². The summed E-state index contributed by atoms with van der Waals surface area (Å²) in [5, 5.41) is 7.09. The highest BCUT2D eigenvalue weighted by Gasteiger charge is 2.25. The molecule has 0 radical (unpaired) electrons. The van der Waals surface area contributed by atoms with Gasteiger partial charge in [0.25, 0.3) is 5.91 Å². The smallest absolute Gasteiger partial charge is 0.343 e. The van der Waals surface area contributed by atoms with E-state index in [1.54, 1.807) is 18.5 Å². The summed E-state index contributed by atoms with van der Waals surface area (Å²) >= 11 is 6.18. The third kappa shape index (κ3) is 4.46. The van der Waals surface area contributed by atoms with Crippen LogP contribution >= 0.6 is 11.6 Å². The highest BCUT2D eigenvalue weighted by molar-refractivity contribution is 6.32. The summed E-state index contributed by atoms with van der Waals surface area (Å²) in [5.74, 6) is -0.961. The van der Waals surface area contributed by atoms with Crippen molar-refractivity contribution in [2.75, 3.05) is 6.54 Å². The first kappa shape index (κ1) is 17.5. The van der Waals surface area contributed by atoms with E-state index in [0.29, 0.717) is 18.8 Å². The molecule has 0 aliphatic heterocycles. The van der Waals surface area contributed by atoms with Crippen LogP contribution in [-0.2, 0) is 16.1 Å². The Hall–Kier alpha value is -1.56. The highest BCUT2D eigenvalue weighted by Crippen LogP contribution is 2.21. The van der Waals surface area contributed by atoms with Gasteiger partial charge in [0.15, 0.2) is 6.10 Å². The van der Waals surface area contributed by atoms with Crippen molar-refractivity contribution in [3.8, 4) is 0 Å². The van der Waals surface area contributed by atoms with E-state index in [2.05, 4.69) is 17.3 Å². The molecule has 0 saturated carbocycles. The standard InChI is InChI=1S/C14H22ClN3O3/c1-5-7-8-18-12(15)11(9(3)17-18)14(20)21-10(4)13(19)16-6-2/h10H,5-8H2,1-4H3,(H,16,19)/t10-/m1/s1. The van der Waals surface area contributed by atoms with Crippen molar-refractivity contribution >= 4 is 23.5 Å². The number of hydrogen-bond acceptors (Lipinski definition) is 4. The Bertz CT molecular complexity index is 514. The number of esters is 1. The van der Waals surface area contributed by atoms with Gasteiger partial charge in [-0.2, -0.15) is 5.10 Å². The minimum absolute atomic E-state index is 0.226. The van der Waals surface area contributed by atoms with Crippen LogP contribution < -0.4 is 5.32 Å². The van der Waals surface area contributed by atoms with Crippen molar-refractivity contribution in [3.63, 3.8) is 0 Å². The van der Waals surface area contributed by atoms with E-state index in [0.717, 1.165) is 12.8 Å². The second-order valence-corrected chi connectivity index (χ2v) is 5.13. The predicted molar refractivity (Wildman–Crippen MR) is 80.4 cm³/mol. The third-order valence-electron chi connectivity index (χ3n) is 3.00. The van der Waals surface area contributed by atoms with Crippen molar-refractivity contribution in [2.24, 2.45) is 0 Å². The van der Waals surface area contributed by atoms with Gasteiger partial charge in [0.2, 0.25) is 0 Å². The van der Waals surface area contributed by atoms with Crippen LogP contribution in [0.1, 0.15) is 49.7 Å². The molecule has 1 aromatic rings. The van der Waals surface area contributed by atoms with Crippen molar-refractivity contribution in [3.05, 3.63) is 16.4 Å². The minimum Gasteiger partial charge on any atom is -0.449 e. The molecule has 0 aromatic carbocycles. The molecule has 0 aliphatic carbocycles. The van der Waals surface area contributed by atoms with Gasteiger partial charge in [-0.1, -0.05) is 24.9 Å². The Morgan fingerprint density at radius 2 is 2.10 bits per heavy atom. The number of amides is 1. The fourth-order valence-electron chi connectivity index (χ4n) is 1.83. The second kappa shape index (κ2) is 8.02. The zero-order valence-corrected chi connectivity index (χ0v) is 13.7. The largest absolute Gasteiger partial charge is 0.449 e. The van der Waals surface area contributed by atoms with Gasteiger partial charge in [0.05, 0.1) is 5.69 Å². The Morgan fingerprint density at radius 1 is 1.43 bits per heavy atom. The molecule has 1 heterocycles. The SMILES string of the molecule is CCCCn1nc(C)c(C(=O)O[C@H](C)C(=O)NCC)c1Cl. The topological polar surface area (TPSA) is 73.2 Å². The van der Waals surface area contributed by atoms with Crippen LogP contribution in [0.2, 0.25) is 5.15 Å². The predicted octanol–water partition coefficient (Wildman–Crippen LogP) is 2.33. The number of halogens is 1. The second-order valence-electron chi connectivity index (χ2n) is 4.77. The summed E-state index contributed by atoms with van der Waals surface area (Å²) in [7, 11) is 0. The first-order valence-electron chi connectivity index (χ1n) is 7.13. The van der Waals surface area contributed by atoms with Gasteiger partial charge >= 0.3 is 5.97 Å². The van der Waals surface area contributed by atoms with Crippen LogP contribution in [0.4, 0.5) is 0 Å². The first-order valence-corrected chi connectivity index (χ1v) is 7.51. The Balaban J connectivity index is 2.83. The zero-order chi connectivity index (χ0) is 16.0. The maximum atomic E-state index is 12.2. The van der Waals surface area contributed by atoms with Gasteiger partial charge in [-0.3, -0.25) is 9.48 Å². The molecule has 7 heteroatoms. The molecule has 1 N–H and O–H groups in total. The van der Waals surface area contributed by atoms with Gasteiger partial charge in [-0.15, -0.1) is 0 Å². The lowest BCUT2D eigenvalue weighted by molar-refractivity contribution is -0.128. The van der Waals surface area contributed by atoms with Gasteiger partial charge < -0.3 is 10.1 Å². The van der Waals surface area contributed by atoms with Gasteiger partial charge in [0.1, 0.15) is 10.7 Å². The van der Waals surface area contributed by atoms with Gasteiger partial charge in [-0.05, 0) is 27.2 Å². The summed E-state index contributed by atoms with van der Waals surface area (Å²) in [5.41, 5.74) is 0.730. The summed E-state index contributed by atoms with van der Waals surface area (Å²) < 4.78 is 6.73. The number of carbonyl (C=O) groups is 2. The molecule has 1 amide bonds. The number of ether oxygens (including phenoxy) is 1. The van der Waals surface area contributed by atoms with E-state index in [1.807, 2.05) is 0 Å². The number of aromatic nitrogens is 2. The van der Waals surface area contributed by atoms with Gasteiger partial charge in [0, 0.05) is 13.1 Å². The molecule has 0 fully saturated rings. The maximum Gasteiger partial charge on any atom is 0.343 e. The molecule has 0 saturated heterocycles. The number of nitrogens with zero attached hydrogens (tertiary/aromatic N) is 2. The molecular formula is C14H22ClN3O3. The van der Waals surface area contributed by atoms with Crippen molar-refractivity contribution < 1.29 is 14.3 Å². The molecule has 1 atom stereocenters. The number of unbranched alkanes of at least 4 members (excludes halogenated alkanes) is 1. The maximum absolute atomic E-state index is 12.2. The third-order valence-corrected chi connectivity index (χ3v) is 3.38. The lowest BCUT2D eigenvalue weighted by Crippen LogP contribution is -2.35. The van der Waals surface area contributed by atoms with Crippen LogP contribution in [-0.4, -0.2) is 34.3 Å². The molecule has 0 unspecified atom stereocenters. The van der Waals surface area contributed by atoms with E-state index in [-0.39, 0.29) is 16.6 Å². The monoisotopic (exact) mass is 315 g/mol. The molecular weight excluding hydrogens is 294 g/mol. The number of likely N-dealkylation sites (N-methyl/N-ethyl adjacent to an activating group) is 1. The minimum atomic E-state index is -0.869. The molecule has 6 nitrogen and oxygen atoms in total. The van der Waals surface area contributed by atoms with E-state index in [1.165, 1.54) is 6.92 Å². The Labute approximate surface area is 129 Å². The van der Waals surface area contributed by atoms with E-state index < -0.39 is 12.1 Å². The summed E-state index contributed by atoms with van der Waals surface area (Å²) in [4.78, 5) is 23.7. The molecule has 0 spiro atoms. The van der Waals surface area contributed by atoms with Crippen LogP contribution in [0.3, 0.4) is 0 Å². The zero-order valence-electron chi connectivity index (χ0n) is 12.9. The fraction of sp³-hybridized carbons (Fsp3) is 0.643. The average Bonchev–Trinajstić information content (AvgIpc) is 2.71. The van der Waals surface area contributed by atoms with E-state index >= 15 is 0 Å². The fourth-order valence-corrected chi connectivity index (χ4v) is 2.17. The molecule has 0 bridgehead atoms. The number of hydrogen-bond donors (Lipinski definition) is 1. The van der Waals surface area contributed by atoms with E-state index in [4.69, 9.17) is 16.3 Å². The number of nitrogens with one attached hydrogen (secondary N) is 1. The summed E-state index contributed by atoms with van der Waals surface area (Å²) in [6.07, 6.45) is 1.06. The lowest BCUT2D eigenvalue weighted by Gasteiger charge is -2.12. The number of aryl methyl sites for hydroxylation is 2. The van der Waals surface area contributed by atoms with Crippen molar-refractivity contribution in [1.82, 2.24) is 15.1 Å². The van der Waals surface area contributed by atoms with E-state index in [9.17, 15) is 9.59 Å². The summed E-state index contributed by atoms with van der Waals surface area (Å²) in [6, 6.07) is 0. The van der Waals surface area contributed by atoms with Crippen LogP contribution in [0, 0.1) is 6.92 Å². The molecule has 21 heavy (non-hydrogen) atoms. The lowest BCUT2D eigenvalue weighted by atomic mass is 10.2. The molecule has 1 aromatic heterocycles. The normalized spacial score (nSPS) is 12.0. The van der Waals surface area contributed by atoms with Crippen LogP contribution in [0.25, 0.3) is 0 Å². The Morgan fingerprint density at radius 3 is 2.67 bits per heavy atom. The van der Waals surface area contributed by atoms with Gasteiger partial charge in [-0.25, -0.2) is 4.79 Å². The number of rotatable bonds is 7. The molecule has 0 aliphatic rings. The molecule has 1 rings (SSSR count). The van der Waals surface area contributed by atoms with Crippen LogP contribution in [0.5, 0.6) is 0 Å². The molecule has 118 valence electrons. The first-order chi connectivity index (χ1) is 9.92.